The molecule has 0 heterocycles. The van der Waals surface area contributed by atoms with Crippen molar-refractivity contribution in [2.45, 2.75) is 89.7 Å². The normalized spacial score (nSPS) is 15.2. The van der Waals surface area contributed by atoms with E-state index in [9.17, 15) is 25.1 Å². The van der Waals surface area contributed by atoms with Crippen LogP contribution in [-0.2, 0) is 20.5 Å². The van der Waals surface area contributed by atoms with E-state index in [1.54, 1.807) is 20.1 Å². The van der Waals surface area contributed by atoms with Crippen LogP contribution in [0.15, 0.2) is 60.7 Å². The van der Waals surface area contributed by atoms with E-state index in [1.807, 2.05) is 24.3 Å². The standard InChI is InChI=1S/C31H45NO9Si/c1-22(39-21-23-11-17-26(38-5)18-12-23)20-28(41-30(35)24-13-15-25(16-14-24)32(36)37)29(34)27(33)10-8-9-19-40-42(6,7)31(2,3)4/h8,10-18,22,27-29,33-34H,9,19-21H2,1-7H3/b10-8+/t22-,27+,28+,29-/m1/s1. The zero-order valence-corrected chi connectivity index (χ0v) is 26.6. The predicted octanol–water partition coefficient (Wildman–Crippen LogP) is 5.81. The monoisotopic (exact) mass is 603 g/mol. The van der Waals surface area contributed by atoms with E-state index in [0.29, 0.717) is 13.0 Å². The number of benzene rings is 2. The smallest absolute Gasteiger partial charge is 0.338 e. The van der Waals surface area contributed by atoms with E-state index in [1.165, 1.54) is 30.3 Å². The van der Waals surface area contributed by atoms with Crippen molar-refractivity contribution in [3.05, 3.63) is 81.9 Å². The van der Waals surface area contributed by atoms with Crippen molar-refractivity contribution < 1.29 is 38.6 Å². The van der Waals surface area contributed by atoms with Gasteiger partial charge < -0.3 is 28.8 Å². The van der Waals surface area contributed by atoms with Crippen LogP contribution in [0, 0.1) is 10.1 Å². The molecular formula is C31H45NO9Si. The third-order valence-corrected chi connectivity index (χ3v) is 12.0. The minimum absolute atomic E-state index is 0.0809. The van der Waals surface area contributed by atoms with E-state index >= 15 is 0 Å². The number of carbonyl (C=O) groups excluding carboxylic acids is 1. The van der Waals surface area contributed by atoms with Crippen molar-refractivity contribution >= 4 is 20.0 Å². The zero-order valence-electron chi connectivity index (χ0n) is 25.6. The highest BCUT2D eigenvalue weighted by Crippen LogP contribution is 2.36. The molecule has 0 radical (unpaired) electrons. The molecule has 2 aromatic rings. The van der Waals surface area contributed by atoms with Crippen LogP contribution in [0.2, 0.25) is 18.1 Å². The highest BCUT2D eigenvalue weighted by atomic mass is 28.4. The summed E-state index contributed by atoms with van der Waals surface area (Å²) in [5.74, 6) is -0.0583. The van der Waals surface area contributed by atoms with Crippen LogP contribution in [0.4, 0.5) is 5.69 Å². The third-order valence-electron chi connectivity index (χ3n) is 7.45. The second-order valence-electron chi connectivity index (χ2n) is 11.8. The SMILES string of the molecule is COc1ccc(CO[C@H](C)C[C@H](OC(=O)c2ccc([N+](=O)[O-])cc2)[C@H](O)[C@@H](O)/C=C/CCO[Si](C)(C)C(C)(C)C)cc1. The van der Waals surface area contributed by atoms with Gasteiger partial charge in [0, 0.05) is 25.2 Å². The van der Waals surface area contributed by atoms with Crippen molar-refractivity contribution in [2.75, 3.05) is 13.7 Å². The fourth-order valence-electron chi connectivity index (χ4n) is 3.71. The van der Waals surface area contributed by atoms with Gasteiger partial charge in [0.2, 0.25) is 0 Å². The molecule has 0 saturated heterocycles. The van der Waals surface area contributed by atoms with Gasteiger partial charge in [-0.3, -0.25) is 10.1 Å². The lowest BCUT2D eigenvalue weighted by atomic mass is 10.0. The lowest BCUT2D eigenvalue weighted by Crippen LogP contribution is -2.41. The minimum Gasteiger partial charge on any atom is -0.497 e. The number of nitro benzene ring substituents is 1. The van der Waals surface area contributed by atoms with Crippen molar-refractivity contribution in [3.8, 4) is 5.75 Å². The fourth-order valence-corrected chi connectivity index (χ4v) is 4.77. The maximum atomic E-state index is 12.9. The molecule has 0 bridgehead atoms. The summed E-state index contributed by atoms with van der Waals surface area (Å²) in [6.07, 6.45) is -0.500. The summed E-state index contributed by atoms with van der Waals surface area (Å²) < 4.78 is 22.9. The molecule has 10 nitrogen and oxygen atoms in total. The van der Waals surface area contributed by atoms with Crippen molar-refractivity contribution in [2.24, 2.45) is 0 Å². The van der Waals surface area contributed by atoms with Gasteiger partial charge in [0.1, 0.15) is 24.1 Å². The number of rotatable bonds is 16. The summed E-state index contributed by atoms with van der Waals surface area (Å²) >= 11 is 0. The Balaban J connectivity index is 2.07. The first kappa shape index (κ1) is 35.1. The van der Waals surface area contributed by atoms with Gasteiger partial charge in [0.15, 0.2) is 8.32 Å². The van der Waals surface area contributed by atoms with E-state index in [4.69, 9.17) is 18.6 Å². The Kier molecular flexibility index (Phi) is 13.3. The molecular weight excluding hydrogens is 558 g/mol. The number of hydrogen-bond acceptors (Lipinski definition) is 9. The van der Waals surface area contributed by atoms with Crippen LogP contribution in [0.1, 0.15) is 56.5 Å². The minimum atomic E-state index is -1.90. The quantitative estimate of drug-likeness (QED) is 0.0607. The summed E-state index contributed by atoms with van der Waals surface area (Å²) in [5, 5.41) is 32.8. The van der Waals surface area contributed by atoms with Gasteiger partial charge in [-0.1, -0.05) is 45.1 Å². The van der Waals surface area contributed by atoms with Gasteiger partial charge in [-0.15, -0.1) is 0 Å². The van der Waals surface area contributed by atoms with Crippen molar-refractivity contribution in [1.29, 1.82) is 0 Å². The van der Waals surface area contributed by atoms with Gasteiger partial charge in [-0.2, -0.15) is 0 Å². The summed E-state index contributed by atoms with van der Waals surface area (Å²) in [5.41, 5.74) is 0.824. The molecule has 0 aliphatic heterocycles. The lowest BCUT2D eigenvalue weighted by Gasteiger charge is -2.36. The average Bonchev–Trinajstić information content (AvgIpc) is 2.94. The molecule has 0 unspecified atom stereocenters. The maximum Gasteiger partial charge on any atom is 0.338 e. The van der Waals surface area contributed by atoms with E-state index in [-0.39, 0.29) is 29.3 Å². The molecule has 232 valence electrons. The number of non-ortho nitro benzene ring substituents is 1. The molecule has 4 atom stereocenters. The number of esters is 1. The molecule has 0 aromatic heterocycles. The zero-order chi connectivity index (χ0) is 31.5. The van der Waals surface area contributed by atoms with Crippen molar-refractivity contribution in [3.63, 3.8) is 0 Å². The number of nitro groups is 1. The molecule has 2 aromatic carbocycles. The van der Waals surface area contributed by atoms with Crippen LogP contribution in [0.25, 0.3) is 0 Å². The molecule has 42 heavy (non-hydrogen) atoms. The number of methoxy groups -OCH3 is 1. The van der Waals surface area contributed by atoms with Gasteiger partial charge >= 0.3 is 5.97 Å². The van der Waals surface area contributed by atoms with Gasteiger partial charge in [0.25, 0.3) is 5.69 Å². The summed E-state index contributed by atoms with van der Waals surface area (Å²) in [4.78, 5) is 23.3. The van der Waals surface area contributed by atoms with Gasteiger partial charge in [-0.05, 0) is 61.3 Å². The molecule has 0 fully saturated rings. The number of aliphatic hydroxyl groups excluding tert-OH is 2. The van der Waals surface area contributed by atoms with E-state index in [2.05, 4.69) is 33.9 Å². The Bertz CT molecular complexity index is 1160. The highest BCUT2D eigenvalue weighted by molar-refractivity contribution is 6.74. The summed E-state index contributed by atoms with van der Waals surface area (Å²) in [6.45, 7) is 13.4. The van der Waals surface area contributed by atoms with Crippen molar-refractivity contribution in [1.82, 2.24) is 0 Å². The van der Waals surface area contributed by atoms with Crippen LogP contribution in [0.3, 0.4) is 0 Å². The molecule has 0 spiro atoms. The summed E-state index contributed by atoms with van der Waals surface area (Å²) in [7, 11) is -0.312. The molecule has 2 rings (SSSR count). The number of nitrogens with zero attached hydrogens (tertiary/aromatic N) is 1. The Morgan fingerprint density at radius 1 is 1.07 bits per heavy atom. The van der Waals surface area contributed by atoms with Gasteiger partial charge in [-0.25, -0.2) is 4.79 Å². The summed E-state index contributed by atoms with van der Waals surface area (Å²) in [6, 6.07) is 12.4. The number of hydrogen-bond donors (Lipinski definition) is 2. The first-order chi connectivity index (χ1) is 19.6. The fraction of sp³-hybridized carbons (Fsp3) is 0.516. The largest absolute Gasteiger partial charge is 0.497 e. The average molecular weight is 604 g/mol. The first-order valence-electron chi connectivity index (χ1n) is 14.0. The van der Waals surface area contributed by atoms with Crippen LogP contribution in [-0.4, -0.2) is 67.6 Å². The van der Waals surface area contributed by atoms with Crippen LogP contribution < -0.4 is 4.74 Å². The molecule has 11 heteroatoms. The molecule has 0 aliphatic carbocycles. The molecule has 0 amide bonds. The topological polar surface area (TPSA) is 138 Å². The number of aliphatic hydroxyl groups is 2. The predicted molar refractivity (Wildman–Crippen MR) is 163 cm³/mol. The second kappa shape index (κ2) is 15.9. The van der Waals surface area contributed by atoms with E-state index < -0.39 is 43.6 Å². The second-order valence-corrected chi connectivity index (χ2v) is 16.6. The molecule has 0 saturated carbocycles. The first-order valence-corrected chi connectivity index (χ1v) is 16.9. The Labute approximate surface area is 249 Å². The number of ether oxygens (including phenoxy) is 3. The maximum absolute atomic E-state index is 12.9. The number of carbonyl (C=O) groups is 1. The highest BCUT2D eigenvalue weighted by Gasteiger charge is 2.36. The van der Waals surface area contributed by atoms with Crippen LogP contribution >= 0.6 is 0 Å². The van der Waals surface area contributed by atoms with E-state index in [0.717, 1.165) is 11.3 Å². The lowest BCUT2D eigenvalue weighted by molar-refractivity contribution is -0.384. The molecule has 2 N–H and O–H groups in total. The Morgan fingerprint density at radius 3 is 2.24 bits per heavy atom. The molecule has 0 aliphatic rings. The van der Waals surface area contributed by atoms with Gasteiger partial charge in [0.05, 0.1) is 30.3 Å². The Morgan fingerprint density at radius 2 is 1.69 bits per heavy atom. The third kappa shape index (κ3) is 11.0. The Hall–Kier alpha value is -3.09. The van der Waals surface area contributed by atoms with Crippen LogP contribution in [0.5, 0.6) is 5.75 Å².